The second-order valence-electron chi connectivity index (χ2n) is 8.52. The number of rotatable bonds is 6. The Morgan fingerprint density at radius 1 is 1.18 bits per heavy atom. The van der Waals surface area contributed by atoms with Crippen LogP contribution in [0.3, 0.4) is 0 Å². The van der Waals surface area contributed by atoms with Gasteiger partial charge in [-0.25, -0.2) is 4.98 Å². The van der Waals surface area contributed by atoms with Gasteiger partial charge in [0.1, 0.15) is 40.8 Å². The van der Waals surface area contributed by atoms with Crippen LogP contribution in [0, 0.1) is 0 Å². The first-order chi connectivity index (χ1) is 16.1. The summed E-state index contributed by atoms with van der Waals surface area (Å²) in [5.41, 5.74) is -0.796. The van der Waals surface area contributed by atoms with Crippen molar-refractivity contribution in [1.82, 2.24) is 15.3 Å². The van der Waals surface area contributed by atoms with Crippen LogP contribution in [0.5, 0.6) is 11.5 Å². The molecule has 2 heterocycles. The van der Waals surface area contributed by atoms with Gasteiger partial charge in [0.25, 0.3) is 11.5 Å². The fourth-order valence-corrected chi connectivity index (χ4v) is 4.19. The quantitative estimate of drug-likeness (QED) is 0.359. The zero-order valence-electron chi connectivity index (χ0n) is 18.8. The van der Waals surface area contributed by atoms with Gasteiger partial charge in [-0.2, -0.15) is 0 Å². The highest BCUT2D eigenvalue weighted by Crippen LogP contribution is 2.29. The molecular weight excluding hydrogens is 458 g/mol. The fraction of sp³-hybridized carbons (Fsp3) is 0.250. The molecule has 0 bridgehead atoms. The van der Waals surface area contributed by atoms with Crippen molar-refractivity contribution in [2.24, 2.45) is 0 Å². The molecule has 9 nitrogen and oxygen atoms in total. The summed E-state index contributed by atoms with van der Waals surface area (Å²) in [6.07, 6.45) is 0. The predicted molar refractivity (Wildman–Crippen MR) is 128 cm³/mol. The van der Waals surface area contributed by atoms with Crippen molar-refractivity contribution in [3.8, 4) is 11.5 Å². The number of thiazole rings is 1. The summed E-state index contributed by atoms with van der Waals surface area (Å²) in [5, 5.41) is 13.9. The minimum atomic E-state index is -0.886. The van der Waals surface area contributed by atoms with Crippen LogP contribution >= 0.6 is 11.3 Å². The first-order valence-electron chi connectivity index (χ1n) is 10.5. The zero-order valence-corrected chi connectivity index (χ0v) is 19.6. The number of ether oxygens (including phenoxy) is 2. The maximum absolute atomic E-state index is 12.5. The standard InChI is InChI=1S/C24H23N3O6S/c1-24(2,3)33-19(28)11-25-22(30)20-21(29)14-9-8-13(10-16(14)27-23(20)31)32-12-18-26-15-6-4-5-7-17(15)34-18/h4-10H,11-12H2,1-3H3,(H,25,30)(H2,27,29,31). The Morgan fingerprint density at radius 2 is 1.94 bits per heavy atom. The van der Waals surface area contributed by atoms with Crippen LogP contribution in [-0.4, -0.2) is 39.1 Å². The van der Waals surface area contributed by atoms with Gasteiger partial charge in [0.15, 0.2) is 0 Å². The summed E-state index contributed by atoms with van der Waals surface area (Å²) in [7, 11) is 0. The van der Waals surface area contributed by atoms with Gasteiger partial charge in [-0.1, -0.05) is 12.1 Å². The number of fused-ring (bicyclic) bond motifs is 2. The molecule has 4 rings (SSSR count). The van der Waals surface area contributed by atoms with Crippen molar-refractivity contribution in [1.29, 1.82) is 0 Å². The van der Waals surface area contributed by atoms with E-state index in [9.17, 15) is 19.5 Å². The number of esters is 1. The minimum absolute atomic E-state index is 0.242. The van der Waals surface area contributed by atoms with E-state index in [0.717, 1.165) is 15.2 Å². The Morgan fingerprint density at radius 3 is 2.68 bits per heavy atom. The average Bonchev–Trinajstić information content (AvgIpc) is 3.18. The van der Waals surface area contributed by atoms with Crippen LogP contribution in [0.25, 0.3) is 21.1 Å². The Hall–Kier alpha value is -3.92. The summed E-state index contributed by atoms with van der Waals surface area (Å²) >= 11 is 1.53. The number of nitrogens with one attached hydrogen (secondary N) is 2. The Bertz CT molecular complexity index is 1420. The second kappa shape index (κ2) is 9.14. The van der Waals surface area contributed by atoms with E-state index < -0.39 is 40.9 Å². The van der Waals surface area contributed by atoms with Crippen LogP contribution in [0.1, 0.15) is 36.1 Å². The van der Waals surface area contributed by atoms with E-state index in [1.165, 1.54) is 11.3 Å². The molecule has 0 fully saturated rings. The molecule has 2 aromatic carbocycles. The van der Waals surface area contributed by atoms with E-state index in [1.54, 1.807) is 39.0 Å². The number of pyridine rings is 1. The van der Waals surface area contributed by atoms with Crippen LogP contribution in [0.15, 0.2) is 47.3 Å². The molecule has 0 atom stereocenters. The molecule has 1 amide bonds. The summed E-state index contributed by atoms with van der Waals surface area (Å²) < 4.78 is 12.0. The number of hydrogen-bond acceptors (Lipinski definition) is 8. The molecule has 0 unspecified atom stereocenters. The molecular formula is C24H23N3O6S. The van der Waals surface area contributed by atoms with Crippen molar-refractivity contribution >= 4 is 44.3 Å². The number of para-hydroxylation sites is 1. The molecule has 0 aliphatic heterocycles. The Kier molecular flexibility index (Phi) is 6.25. The number of carbonyl (C=O) groups is 2. The molecule has 3 N–H and O–H groups in total. The molecule has 0 aliphatic rings. The number of aromatic hydroxyl groups is 1. The predicted octanol–water partition coefficient (Wildman–Crippen LogP) is 3.49. The lowest BCUT2D eigenvalue weighted by Gasteiger charge is -2.19. The van der Waals surface area contributed by atoms with E-state index >= 15 is 0 Å². The summed E-state index contributed by atoms with van der Waals surface area (Å²) in [4.78, 5) is 43.9. The number of aromatic nitrogens is 2. The maximum Gasteiger partial charge on any atom is 0.325 e. The van der Waals surface area contributed by atoms with Crippen molar-refractivity contribution < 1.29 is 24.2 Å². The molecule has 0 saturated heterocycles. The smallest absolute Gasteiger partial charge is 0.325 e. The largest absolute Gasteiger partial charge is 0.506 e. The van der Waals surface area contributed by atoms with Crippen molar-refractivity contribution in [3.63, 3.8) is 0 Å². The van der Waals surface area contributed by atoms with Crippen LogP contribution in [0.4, 0.5) is 0 Å². The topological polar surface area (TPSA) is 131 Å². The zero-order chi connectivity index (χ0) is 24.5. The van der Waals surface area contributed by atoms with Gasteiger partial charge in [-0.3, -0.25) is 14.4 Å². The van der Waals surface area contributed by atoms with E-state index in [1.807, 2.05) is 24.3 Å². The number of aromatic amines is 1. The Labute approximate surface area is 198 Å². The molecule has 34 heavy (non-hydrogen) atoms. The molecule has 176 valence electrons. The monoisotopic (exact) mass is 481 g/mol. The molecule has 4 aromatic rings. The van der Waals surface area contributed by atoms with Crippen LogP contribution in [0.2, 0.25) is 0 Å². The highest BCUT2D eigenvalue weighted by Gasteiger charge is 2.22. The normalized spacial score (nSPS) is 11.5. The van der Waals surface area contributed by atoms with E-state index in [2.05, 4.69) is 15.3 Å². The molecule has 0 saturated carbocycles. The van der Waals surface area contributed by atoms with Gasteiger partial charge >= 0.3 is 5.97 Å². The van der Waals surface area contributed by atoms with Gasteiger partial charge in [0.05, 0.1) is 15.7 Å². The SMILES string of the molecule is CC(C)(C)OC(=O)CNC(=O)c1c(O)c2ccc(OCc3nc4ccccc4s3)cc2[nH]c1=O. The number of amides is 1. The lowest BCUT2D eigenvalue weighted by molar-refractivity contribution is -0.153. The third-order valence-corrected chi connectivity index (χ3v) is 5.71. The summed E-state index contributed by atoms with van der Waals surface area (Å²) in [6, 6.07) is 12.5. The molecule has 2 aromatic heterocycles. The van der Waals surface area contributed by atoms with Crippen molar-refractivity contribution in [2.75, 3.05) is 6.54 Å². The number of nitrogens with zero attached hydrogens (tertiary/aromatic N) is 1. The molecule has 0 radical (unpaired) electrons. The van der Waals surface area contributed by atoms with Gasteiger partial charge in [-0.05, 0) is 45.0 Å². The average molecular weight is 482 g/mol. The van der Waals surface area contributed by atoms with E-state index in [4.69, 9.17) is 9.47 Å². The highest BCUT2D eigenvalue weighted by atomic mass is 32.1. The van der Waals surface area contributed by atoms with Crippen LogP contribution < -0.4 is 15.6 Å². The first-order valence-corrected chi connectivity index (χ1v) is 11.3. The minimum Gasteiger partial charge on any atom is -0.506 e. The third kappa shape index (κ3) is 5.18. The van der Waals surface area contributed by atoms with Gasteiger partial charge in [0.2, 0.25) is 0 Å². The van der Waals surface area contributed by atoms with Gasteiger partial charge in [-0.15, -0.1) is 11.3 Å². The number of hydrogen-bond donors (Lipinski definition) is 3. The highest BCUT2D eigenvalue weighted by molar-refractivity contribution is 7.18. The third-order valence-electron chi connectivity index (χ3n) is 4.70. The van der Waals surface area contributed by atoms with Crippen LogP contribution in [-0.2, 0) is 16.1 Å². The van der Waals surface area contributed by atoms with Crippen molar-refractivity contribution in [2.45, 2.75) is 33.0 Å². The molecule has 0 aliphatic carbocycles. The maximum atomic E-state index is 12.5. The van der Waals surface area contributed by atoms with E-state index in [-0.39, 0.29) is 12.0 Å². The number of H-pyrrole nitrogens is 1. The van der Waals surface area contributed by atoms with Crippen molar-refractivity contribution in [3.05, 3.63) is 63.4 Å². The lowest BCUT2D eigenvalue weighted by Crippen LogP contribution is -2.36. The van der Waals surface area contributed by atoms with Gasteiger partial charge in [0, 0.05) is 11.5 Å². The first kappa shape index (κ1) is 23.2. The fourth-order valence-electron chi connectivity index (χ4n) is 3.31. The summed E-state index contributed by atoms with van der Waals surface area (Å²) in [6.45, 7) is 4.90. The Balaban J connectivity index is 1.49. The summed E-state index contributed by atoms with van der Waals surface area (Å²) in [5.74, 6) is -1.57. The number of carbonyl (C=O) groups excluding carboxylic acids is 2. The molecule has 0 spiro atoms. The molecule has 10 heteroatoms. The lowest BCUT2D eigenvalue weighted by atomic mass is 10.1. The van der Waals surface area contributed by atoms with E-state index in [0.29, 0.717) is 11.3 Å². The number of benzene rings is 2. The second-order valence-corrected chi connectivity index (χ2v) is 9.63. The van der Waals surface area contributed by atoms with Gasteiger partial charge < -0.3 is 24.9 Å².